The number of hydrogen-bond donors (Lipinski definition) is 0. The quantitative estimate of drug-likeness (QED) is 0.685. The van der Waals surface area contributed by atoms with Crippen molar-refractivity contribution in [2.24, 2.45) is 0 Å². The molecule has 1 aromatic rings. The van der Waals surface area contributed by atoms with E-state index in [9.17, 15) is 4.79 Å². The van der Waals surface area contributed by atoms with Gasteiger partial charge in [0.25, 0.3) is 5.91 Å². The van der Waals surface area contributed by atoms with Gasteiger partial charge in [0.05, 0.1) is 12.8 Å². The molecule has 16 heavy (non-hydrogen) atoms. The number of furan rings is 1. The summed E-state index contributed by atoms with van der Waals surface area (Å²) in [5, 5.41) is 0. The second kappa shape index (κ2) is 4.86. The van der Waals surface area contributed by atoms with Crippen molar-refractivity contribution in [3.63, 3.8) is 0 Å². The number of hydrogen-bond acceptors (Lipinski definition) is 3. The van der Waals surface area contributed by atoms with Gasteiger partial charge in [-0.15, -0.1) is 6.42 Å². The van der Waals surface area contributed by atoms with Crippen molar-refractivity contribution in [2.45, 2.75) is 0 Å². The normalized spacial score (nSPS) is 17.1. The highest BCUT2D eigenvalue weighted by Gasteiger charge is 2.22. The predicted octanol–water partition coefficient (Wildman–Crippen LogP) is 0.671. The Kier molecular flexibility index (Phi) is 3.28. The first kappa shape index (κ1) is 10.8. The largest absolute Gasteiger partial charge is 0.459 e. The molecule has 1 saturated heterocycles. The first-order valence-electron chi connectivity index (χ1n) is 5.30. The molecule has 1 amide bonds. The topological polar surface area (TPSA) is 36.7 Å². The summed E-state index contributed by atoms with van der Waals surface area (Å²) in [5.41, 5.74) is 0. The summed E-state index contributed by atoms with van der Waals surface area (Å²) in [6, 6.07) is 3.41. The van der Waals surface area contributed by atoms with Gasteiger partial charge >= 0.3 is 0 Å². The fraction of sp³-hybridized carbons (Fsp3) is 0.417. The van der Waals surface area contributed by atoms with Crippen LogP contribution in [0.15, 0.2) is 22.8 Å². The number of rotatable bonds is 2. The SMILES string of the molecule is C#CCN1CCN(C(=O)c2ccco2)CC1. The lowest BCUT2D eigenvalue weighted by atomic mass is 10.3. The minimum Gasteiger partial charge on any atom is -0.459 e. The smallest absolute Gasteiger partial charge is 0.289 e. The molecule has 84 valence electrons. The van der Waals surface area contributed by atoms with E-state index >= 15 is 0 Å². The molecule has 4 heteroatoms. The second-order valence-electron chi connectivity index (χ2n) is 3.75. The van der Waals surface area contributed by atoms with Crippen molar-refractivity contribution in [2.75, 3.05) is 32.7 Å². The minimum atomic E-state index is -0.0367. The van der Waals surface area contributed by atoms with Crippen LogP contribution in [0.25, 0.3) is 0 Å². The average molecular weight is 218 g/mol. The van der Waals surface area contributed by atoms with Crippen LogP contribution in [0.3, 0.4) is 0 Å². The zero-order valence-corrected chi connectivity index (χ0v) is 9.06. The average Bonchev–Trinajstić information content (AvgIpc) is 2.83. The Labute approximate surface area is 94.8 Å². The van der Waals surface area contributed by atoms with Crippen molar-refractivity contribution in [1.82, 2.24) is 9.80 Å². The van der Waals surface area contributed by atoms with E-state index < -0.39 is 0 Å². The molecule has 1 aromatic heterocycles. The third kappa shape index (κ3) is 2.26. The molecule has 4 nitrogen and oxygen atoms in total. The van der Waals surface area contributed by atoms with Crippen LogP contribution in [0.4, 0.5) is 0 Å². The maximum absolute atomic E-state index is 11.9. The molecule has 0 radical (unpaired) electrons. The molecule has 0 aromatic carbocycles. The summed E-state index contributed by atoms with van der Waals surface area (Å²) in [7, 11) is 0. The van der Waals surface area contributed by atoms with Crippen molar-refractivity contribution in [3.05, 3.63) is 24.2 Å². The highest BCUT2D eigenvalue weighted by Crippen LogP contribution is 2.08. The van der Waals surface area contributed by atoms with Crippen LogP contribution in [0.2, 0.25) is 0 Å². The van der Waals surface area contributed by atoms with Crippen molar-refractivity contribution in [3.8, 4) is 12.3 Å². The van der Waals surface area contributed by atoms with Gasteiger partial charge in [0.15, 0.2) is 5.76 Å². The molecule has 1 aliphatic rings. The molecule has 0 bridgehead atoms. The van der Waals surface area contributed by atoms with E-state index in [1.54, 1.807) is 17.0 Å². The third-order valence-corrected chi connectivity index (χ3v) is 2.71. The highest BCUT2D eigenvalue weighted by molar-refractivity contribution is 5.91. The molecule has 2 heterocycles. The molecule has 0 unspecified atom stereocenters. The monoisotopic (exact) mass is 218 g/mol. The molecule has 2 rings (SSSR count). The van der Waals surface area contributed by atoms with Crippen LogP contribution in [-0.2, 0) is 0 Å². The first-order valence-corrected chi connectivity index (χ1v) is 5.30. The van der Waals surface area contributed by atoms with Gasteiger partial charge in [-0.25, -0.2) is 0 Å². The Morgan fingerprint density at radius 1 is 1.44 bits per heavy atom. The number of nitrogens with zero attached hydrogens (tertiary/aromatic N) is 2. The predicted molar refractivity (Wildman–Crippen MR) is 59.9 cm³/mol. The van der Waals surface area contributed by atoms with Crippen LogP contribution in [-0.4, -0.2) is 48.4 Å². The first-order chi connectivity index (χ1) is 7.81. The Hall–Kier alpha value is -1.73. The number of terminal acetylenes is 1. The van der Waals surface area contributed by atoms with Crippen molar-refractivity contribution >= 4 is 5.91 Å². The summed E-state index contributed by atoms with van der Waals surface area (Å²) < 4.78 is 5.09. The van der Waals surface area contributed by atoms with Gasteiger partial charge in [0, 0.05) is 26.2 Å². The van der Waals surface area contributed by atoms with Crippen LogP contribution in [0.5, 0.6) is 0 Å². The van der Waals surface area contributed by atoms with Gasteiger partial charge in [-0.05, 0) is 12.1 Å². The van der Waals surface area contributed by atoms with Crippen LogP contribution in [0, 0.1) is 12.3 Å². The van der Waals surface area contributed by atoms with Crippen molar-refractivity contribution < 1.29 is 9.21 Å². The van der Waals surface area contributed by atoms with Gasteiger partial charge in [0.1, 0.15) is 0 Å². The van der Waals surface area contributed by atoms with E-state index in [1.165, 1.54) is 6.26 Å². The maximum Gasteiger partial charge on any atom is 0.289 e. The zero-order valence-electron chi connectivity index (χ0n) is 9.06. The lowest BCUT2D eigenvalue weighted by Gasteiger charge is -2.33. The van der Waals surface area contributed by atoms with E-state index in [-0.39, 0.29) is 5.91 Å². The summed E-state index contributed by atoms with van der Waals surface area (Å²) >= 11 is 0. The third-order valence-electron chi connectivity index (χ3n) is 2.71. The number of carbonyl (C=O) groups is 1. The molecule has 1 aliphatic heterocycles. The van der Waals surface area contributed by atoms with Gasteiger partial charge < -0.3 is 9.32 Å². The molecule has 0 saturated carbocycles. The standard InChI is InChI=1S/C12H14N2O2/c1-2-5-13-6-8-14(9-7-13)12(15)11-4-3-10-16-11/h1,3-4,10H,5-9H2. The lowest BCUT2D eigenvalue weighted by molar-refractivity contribution is 0.0621. The van der Waals surface area contributed by atoms with E-state index in [0.29, 0.717) is 25.4 Å². The molecular weight excluding hydrogens is 204 g/mol. The van der Waals surface area contributed by atoms with E-state index in [0.717, 1.165) is 13.1 Å². The van der Waals surface area contributed by atoms with Gasteiger partial charge in [-0.1, -0.05) is 5.92 Å². The molecule has 0 N–H and O–H groups in total. The summed E-state index contributed by atoms with van der Waals surface area (Å²) in [5.74, 6) is 2.98. The number of carbonyl (C=O) groups excluding carboxylic acids is 1. The zero-order chi connectivity index (χ0) is 11.4. The summed E-state index contributed by atoms with van der Waals surface area (Å²) in [6.07, 6.45) is 6.76. The Bertz CT molecular complexity index is 384. The lowest BCUT2D eigenvalue weighted by Crippen LogP contribution is -2.48. The Balaban J connectivity index is 1.90. The molecule has 0 aliphatic carbocycles. The fourth-order valence-electron chi connectivity index (χ4n) is 1.79. The molecule has 0 spiro atoms. The molecular formula is C12H14N2O2. The van der Waals surface area contributed by atoms with Gasteiger partial charge in [-0.3, -0.25) is 9.69 Å². The van der Waals surface area contributed by atoms with Crippen LogP contribution < -0.4 is 0 Å². The van der Waals surface area contributed by atoms with Crippen LogP contribution in [0.1, 0.15) is 10.6 Å². The number of amides is 1. The number of piperazine rings is 1. The highest BCUT2D eigenvalue weighted by atomic mass is 16.3. The minimum absolute atomic E-state index is 0.0367. The Morgan fingerprint density at radius 2 is 2.19 bits per heavy atom. The summed E-state index contributed by atoms with van der Waals surface area (Å²) in [6.45, 7) is 3.73. The maximum atomic E-state index is 11.9. The molecule has 1 fully saturated rings. The van der Waals surface area contributed by atoms with E-state index in [1.807, 2.05) is 0 Å². The summed E-state index contributed by atoms with van der Waals surface area (Å²) in [4.78, 5) is 15.9. The second-order valence-corrected chi connectivity index (χ2v) is 3.75. The Morgan fingerprint density at radius 3 is 2.75 bits per heavy atom. The van der Waals surface area contributed by atoms with Gasteiger partial charge in [-0.2, -0.15) is 0 Å². The van der Waals surface area contributed by atoms with Gasteiger partial charge in [0.2, 0.25) is 0 Å². The van der Waals surface area contributed by atoms with E-state index in [4.69, 9.17) is 10.8 Å². The van der Waals surface area contributed by atoms with E-state index in [2.05, 4.69) is 10.8 Å². The van der Waals surface area contributed by atoms with Crippen molar-refractivity contribution in [1.29, 1.82) is 0 Å². The molecule has 0 atom stereocenters. The van der Waals surface area contributed by atoms with Crippen LogP contribution >= 0.6 is 0 Å². The fourth-order valence-corrected chi connectivity index (χ4v) is 1.79.